The summed E-state index contributed by atoms with van der Waals surface area (Å²) in [5.74, 6) is 0.965. The molecule has 0 amide bonds. The highest BCUT2D eigenvalue weighted by molar-refractivity contribution is 5.80. The molecule has 3 aliphatic rings. The van der Waals surface area contributed by atoms with E-state index >= 15 is 0 Å². The van der Waals surface area contributed by atoms with E-state index in [2.05, 4.69) is 38.0 Å². The van der Waals surface area contributed by atoms with E-state index in [9.17, 15) is 4.79 Å². The van der Waals surface area contributed by atoms with Crippen molar-refractivity contribution in [3.8, 4) is 0 Å². The minimum absolute atomic E-state index is 0.0196. The maximum Gasteiger partial charge on any atom is 0.290 e. The number of hydrogen-bond acceptors (Lipinski definition) is 7. The van der Waals surface area contributed by atoms with E-state index in [1.807, 2.05) is 6.20 Å². The van der Waals surface area contributed by atoms with E-state index in [4.69, 9.17) is 14.7 Å². The van der Waals surface area contributed by atoms with Crippen molar-refractivity contribution >= 4 is 16.9 Å². The van der Waals surface area contributed by atoms with Crippen LogP contribution in [0.15, 0.2) is 23.4 Å². The number of anilines is 1. The molecule has 32 heavy (non-hydrogen) atoms. The Morgan fingerprint density at radius 3 is 2.72 bits per heavy atom. The topological polar surface area (TPSA) is 102 Å². The van der Waals surface area contributed by atoms with Gasteiger partial charge in [-0.25, -0.2) is 15.1 Å². The number of aromatic amines is 1. The predicted molar refractivity (Wildman–Crippen MR) is 120 cm³/mol. The molecule has 0 bridgehead atoms. The minimum Gasteiger partial charge on any atom is -0.367 e. The summed E-state index contributed by atoms with van der Waals surface area (Å²) < 4.78 is 8.32. The molecular weight excluding hydrogens is 406 g/mol. The Morgan fingerprint density at radius 1 is 1.06 bits per heavy atom. The first kappa shape index (κ1) is 19.8. The third kappa shape index (κ3) is 3.68. The molecule has 0 radical (unpaired) electrons. The van der Waals surface area contributed by atoms with Gasteiger partial charge in [-0.2, -0.15) is 10.2 Å². The lowest BCUT2D eigenvalue weighted by Crippen LogP contribution is -2.44. The molecule has 4 heterocycles. The number of nitrogens with zero attached hydrogens (tertiary/aromatic N) is 6. The molecule has 3 aromatic rings. The number of hydrogen-bond donors (Lipinski definition) is 1. The molecule has 3 fully saturated rings. The highest BCUT2D eigenvalue weighted by Crippen LogP contribution is 2.37. The zero-order chi connectivity index (χ0) is 21.7. The number of morpholine rings is 1. The summed E-state index contributed by atoms with van der Waals surface area (Å²) in [6.07, 6.45) is 13.9. The first-order chi connectivity index (χ1) is 15.7. The lowest BCUT2D eigenvalue weighted by Gasteiger charge is -2.37. The Balaban J connectivity index is 1.36. The van der Waals surface area contributed by atoms with Crippen LogP contribution in [-0.2, 0) is 4.74 Å². The lowest BCUT2D eigenvalue weighted by atomic mass is 9.86. The Labute approximate surface area is 186 Å². The van der Waals surface area contributed by atoms with Crippen molar-refractivity contribution in [3.63, 3.8) is 0 Å². The fraction of sp³-hybridized carbons (Fsp3) is 0.609. The van der Waals surface area contributed by atoms with Crippen molar-refractivity contribution in [1.29, 1.82) is 0 Å². The number of rotatable bonds is 4. The standard InChI is InChI=1S/C23H29N7O2/c1-14-11-29(13-19(32-14)16-9-25-30(12-16)17-7-8-17)23-26-20(15-5-3-2-4-6-15)18-10-24-28-22(31)21(18)27-23/h9-10,12,14-15,17,19H,2-8,11,13H2,1H3,(H,28,31)/t14-,19-/m1/s1. The summed E-state index contributed by atoms with van der Waals surface area (Å²) in [6.45, 7) is 3.40. The Hall–Kier alpha value is -2.81. The van der Waals surface area contributed by atoms with Crippen LogP contribution >= 0.6 is 0 Å². The van der Waals surface area contributed by atoms with Crippen LogP contribution in [0.2, 0.25) is 0 Å². The number of H-pyrrole nitrogens is 1. The van der Waals surface area contributed by atoms with Crippen LogP contribution < -0.4 is 10.5 Å². The smallest absolute Gasteiger partial charge is 0.290 e. The van der Waals surface area contributed by atoms with Crippen molar-refractivity contribution in [2.24, 2.45) is 0 Å². The van der Waals surface area contributed by atoms with E-state index in [1.165, 1.54) is 32.1 Å². The summed E-state index contributed by atoms with van der Waals surface area (Å²) in [4.78, 5) is 24.5. The van der Waals surface area contributed by atoms with Gasteiger partial charge >= 0.3 is 0 Å². The molecule has 0 aromatic carbocycles. The molecule has 2 aliphatic carbocycles. The second-order valence-corrected chi connectivity index (χ2v) is 9.53. The quantitative estimate of drug-likeness (QED) is 0.671. The lowest BCUT2D eigenvalue weighted by molar-refractivity contribution is -0.0179. The van der Waals surface area contributed by atoms with Crippen molar-refractivity contribution in [2.75, 3.05) is 18.0 Å². The molecule has 9 nitrogen and oxygen atoms in total. The van der Waals surface area contributed by atoms with E-state index < -0.39 is 0 Å². The third-order valence-electron chi connectivity index (χ3n) is 6.99. The molecule has 1 saturated heterocycles. The number of nitrogens with one attached hydrogen (secondary N) is 1. The van der Waals surface area contributed by atoms with Gasteiger partial charge in [-0.1, -0.05) is 19.3 Å². The van der Waals surface area contributed by atoms with Gasteiger partial charge in [0, 0.05) is 29.6 Å². The van der Waals surface area contributed by atoms with Gasteiger partial charge in [-0.3, -0.25) is 9.48 Å². The fourth-order valence-electron chi connectivity index (χ4n) is 5.17. The maximum atomic E-state index is 12.6. The van der Waals surface area contributed by atoms with Crippen molar-refractivity contribution in [3.05, 3.63) is 40.2 Å². The van der Waals surface area contributed by atoms with Crippen LogP contribution in [0.25, 0.3) is 10.9 Å². The zero-order valence-electron chi connectivity index (χ0n) is 18.4. The Kier molecular flexibility index (Phi) is 4.93. The highest BCUT2D eigenvalue weighted by atomic mass is 16.5. The van der Waals surface area contributed by atoms with Gasteiger partial charge in [-0.15, -0.1) is 0 Å². The molecule has 2 saturated carbocycles. The molecule has 6 rings (SSSR count). The van der Waals surface area contributed by atoms with Crippen molar-refractivity contribution in [1.82, 2.24) is 29.9 Å². The van der Waals surface area contributed by atoms with Crippen LogP contribution in [0.1, 0.15) is 81.2 Å². The highest BCUT2D eigenvalue weighted by Gasteiger charge is 2.32. The maximum absolute atomic E-state index is 12.6. The second kappa shape index (κ2) is 7.95. The summed E-state index contributed by atoms with van der Waals surface area (Å²) in [5, 5.41) is 11.9. The molecule has 168 valence electrons. The summed E-state index contributed by atoms with van der Waals surface area (Å²) >= 11 is 0. The van der Waals surface area contributed by atoms with Crippen LogP contribution in [0.3, 0.4) is 0 Å². The molecule has 0 spiro atoms. The largest absolute Gasteiger partial charge is 0.367 e. The van der Waals surface area contributed by atoms with E-state index in [0.717, 1.165) is 29.5 Å². The SMILES string of the molecule is C[C@@H]1CN(c2nc(C3CCCCC3)c3cn[nH]c(=O)c3n2)C[C@H](c2cnn(C3CC3)c2)O1. The Bertz CT molecular complexity index is 1180. The molecule has 1 N–H and O–H groups in total. The number of fused-ring (bicyclic) bond motifs is 1. The van der Waals surface area contributed by atoms with E-state index in [0.29, 0.717) is 36.5 Å². The molecule has 3 aromatic heterocycles. The summed E-state index contributed by atoms with van der Waals surface area (Å²) in [6, 6.07) is 0.545. The molecule has 1 aliphatic heterocycles. The second-order valence-electron chi connectivity index (χ2n) is 9.53. The van der Waals surface area contributed by atoms with Gasteiger partial charge in [0.15, 0.2) is 0 Å². The van der Waals surface area contributed by atoms with Crippen LogP contribution in [-0.4, -0.2) is 49.1 Å². The van der Waals surface area contributed by atoms with Gasteiger partial charge in [0.1, 0.15) is 11.6 Å². The molecule has 0 unspecified atom stereocenters. The van der Waals surface area contributed by atoms with Crippen LogP contribution in [0.4, 0.5) is 5.95 Å². The predicted octanol–water partition coefficient (Wildman–Crippen LogP) is 3.26. The fourth-order valence-corrected chi connectivity index (χ4v) is 5.17. The van der Waals surface area contributed by atoms with Gasteiger partial charge in [0.05, 0.1) is 36.8 Å². The average Bonchev–Trinajstić information content (AvgIpc) is 3.55. The van der Waals surface area contributed by atoms with Gasteiger partial charge in [-0.05, 0) is 32.6 Å². The van der Waals surface area contributed by atoms with Crippen molar-refractivity contribution in [2.45, 2.75) is 76.0 Å². The normalized spacial score (nSPS) is 24.8. The molecular formula is C23H29N7O2. The first-order valence-electron chi connectivity index (χ1n) is 11.9. The molecule has 2 atom stereocenters. The van der Waals surface area contributed by atoms with Crippen LogP contribution in [0.5, 0.6) is 0 Å². The third-order valence-corrected chi connectivity index (χ3v) is 6.99. The summed E-state index contributed by atoms with van der Waals surface area (Å²) in [7, 11) is 0. The van der Waals surface area contributed by atoms with Gasteiger partial charge in [0.25, 0.3) is 5.56 Å². The van der Waals surface area contributed by atoms with Crippen molar-refractivity contribution < 1.29 is 4.74 Å². The average molecular weight is 436 g/mol. The van der Waals surface area contributed by atoms with Crippen LogP contribution in [0, 0.1) is 0 Å². The van der Waals surface area contributed by atoms with E-state index in [-0.39, 0.29) is 17.8 Å². The first-order valence-corrected chi connectivity index (χ1v) is 11.9. The minimum atomic E-state index is -0.258. The number of ether oxygens (including phenoxy) is 1. The van der Waals surface area contributed by atoms with E-state index in [1.54, 1.807) is 6.20 Å². The zero-order valence-corrected chi connectivity index (χ0v) is 18.4. The number of aromatic nitrogens is 6. The Morgan fingerprint density at radius 2 is 1.91 bits per heavy atom. The summed E-state index contributed by atoms with van der Waals surface area (Å²) in [5.41, 5.74) is 2.24. The van der Waals surface area contributed by atoms with Gasteiger partial charge in [0.2, 0.25) is 5.95 Å². The monoisotopic (exact) mass is 435 g/mol. The van der Waals surface area contributed by atoms with Gasteiger partial charge < -0.3 is 9.64 Å². The molecule has 9 heteroatoms.